The largest absolute Gasteiger partial charge is 0.497 e. The molecule has 0 aliphatic heterocycles. The van der Waals surface area contributed by atoms with Gasteiger partial charge in [0.1, 0.15) is 5.75 Å². The van der Waals surface area contributed by atoms with Crippen LogP contribution < -0.4 is 10.1 Å². The van der Waals surface area contributed by atoms with Crippen LogP contribution in [-0.4, -0.2) is 27.8 Å². The van der Waals surface area contributed by atoms with Crippen molar-refractivity contribution in [3.05, 3.63) is 102 Å². The second-order valence-corrected chi connectivity index (χ2v) is 7.75. The predicted molar refractivity (Wildman–Crippen MR) is 130 cm³/mol. The molecule has 0 spiro atoms. The Morgan fingerprint density at radius 2 is 1.61 bits per heavy atom. The lowest BCUT2D eigenvalue weighted by Gasteiger charge is -2.07. The first-order valence-electron chi connectivity index (χ1n) is 10.6. The highest BCUT2D eigenvalue weighted by atomic mass is 16.5. The van der Waals surface area contributed by atoms with Crippen molar-refractivity contribution in [1.29, 1.82) is 0 Å². The Kier molecular flexibility index (Phi) is 5.32. The molecule has 162 valence electrons. The van der Waals surface area contributed by atoms with E-state index in [2.05, 4.69) is 15.4 Å². The van der Waals surface area contributed by atoms with Gasteiger partial charge >= 0.3 is 0 Å². The molecule has 0 saturated heterocycles. The van der Waals surface area contributed by atoms with Crippen LogP contribution in [0.3, 0.4) is 0 Å². The van der Waals surface area contributed by atoms with Gasteiger partial charge in [-0.1, -0.05) is 60.2 Å². The number of fused-ring (bicyclic) bond motifs is 1. The van der Waals surface area contributed by atoms with Crippen molar-refractivity contribution in [3.8, 4) is 22.8 Å². The van der Waals surface area contributed by atoms with Crippen LogP contribution in [0.1, 0.15) is 16.2 Å². The molecular formula is C27H22N4O2. The SMILES string of the molecule is COc1ccc(-n2nc(C(=O)Nc3ccc4ccccc4c3)nc2-c2ccc(C)cc2)cc1. The van der Waals surface area contributed by atoms with Crippen molar-refractivity contribution in [1.82, 2.24) is 14.8 Å². The molecule has 4 aromatic carbocycles. The molecule has 0 radical (unpaired) electrons. The van der Waals surface area contributed by atoms with E-state index in [1.54, 1.807) is 11.8 Å². The van der Waals surface area contributed by atoms with Gasteiger partial charge in [-0.25, -0.2) is 9.67 Å². The number of anilines is 1. The molecule has 5 rings (SSSR count). The fraction of sp³-hybridized carbons (Fsp3) is 0.0741. The van der Waals surface area contributed by atoms with Crippen LogP contribution in [0.25, 0.3) is 27.8 Å². The number of hydrogen-bond donors (Lipinski definition) is 1. The second-order valence-electron chi connectivity index (χ2n) is 7.75. The third-order valence-corrected chi connectivity index (χ3v) is 5.44. The van der Waals surface area contributed by atoms with Gasteiger partial charge in [-0.2, -0.15) is 0 Å². The Bertz CT molecular complexity index is 1440. The lowest BCUT2D eigenvalue weighted by Crippen LogP contribution is -2.14. The molecule has 0 aliphatic carbocycles. The van der Waals surface area contributed by atoms with Crippen molar-refractivity contribution in [2.75, 3.05) is 12.4 Å². The van der Waals surface area contributed by atoms with E-state index < -0.39 is 0 Å². The highest BCUT2D eigenvalue weighted by molar-refractivity contribution is 6.03. The zero-order valence-electron chi connectivity index (χ0n) is 18.3. The molecule has 6 heteroatoms. The van der Waals surface area contributed by atoms with Gasteiger partial charge in [-0.3, -0.25) is 4.79 Å². The van der Waals surface area contributed by atoms with Gasteiger partial charge in [-0.05, 0) is 54.1 Å². The average molecular weight is 434 g/mol. The summed E-state index contributed by atoms with van der Waals surface area (Å²) < 4.78 is 6.94. The van der Waals surface area contributed by atoms with E-state index in [1.165, 1.54) is 0 Å². The van der Waals surface area contributed by atoms with Crippen molar-refractivity contribution in [2.45, 2.75) is 6.92 Å². The summed E-state index contributed by atoms with van der Waals surface area (Å²) in [5.74, 6) is 1.05. The Morgan fingerprint density at radius 3 is 2.33 bits per heavy atom. The maximum Gasteiger partial charge on any atom is 0.295 e. The van der Waals surface area contributed by atoms with Crippen molar-refractivity contribution in [3.63, 3.8) is 0 Å². The molecule has 1 aromatic heterocycles. The van der Waals surface area contributed by atoms with E-state index in [-0.39, 0.29) is 11.7 Å². The molecule has 6 nitrogen and oxygen atoms in total. The van der Waals surface area contributed by atoms with Gasteiger partial charge in [0.2, 0.25) is 5.82 Å². The smallest absolute Gasteiger partial charge is 0.295 e. The number of carbonyl (C=O) groups is 1. The molecule has 5 aromatic rings. The van der Waals surface area contributed by atoms with Gasteiger partial charge in [0.25, 0.3) is 5.91 Å². The topological polar surface area (TPSA) is 69.0 Å². The number of nitrogens with zero attached hydrogens (tertiary/aromatic N) is 3. The van der Waals surface area contributed by atoms with Crippen LogP contribution in [0.4, 0.5) is 5.69 Å². The molecule has 1 N–H and O–H groups in total. The quantitative estimate of drug-likeness (QED) is 0.388. The number of aryl methyl sites for hydroxylation is 1. The standard InChI is InChI=1S/C27H22N4O2/c1-18-7-9-20(10-8-18)26-29-25(30-31(26)23-13-15-24(33-2)16-14-23)27(32)28-22-12-11-19-5-3-4-6-21(19)17-22/h3-17H,1-2H3,(H,28,32). The predicted octanol–water partition coefficient (Wildman–Crippen LogP) is 5.66. The molecule has 0 saturated carbocycles. The van der Waals surface area contributed by atoms with Crippen LogP contribution >= 0.6 is 0 Å². The zero-order chi connectivity index (χ0) is 22.8. The zero-order valence-corrected chi connectivity index (χ0v) is 18.3. The molecule has 0 aliphatic rings. The second kappa shape index (κ2) is 8.59. The summed E-state index contributed by atoms with van der Waals surface area (Å²) in [4.78, 5) is 17.7. The number of rotatable bonds is 5. The van der Waals surface area contributed by atoms with Gasteiger partial charge in [0.15, 0.2) is 5.82 Å². The van der Waals surface area contributed by atoms with Gasteiger partial charge < -0.3 is 10.1 Å². The molecule has 0 unspecified atom stereocenters. The van der Waals surface area contributed by atoms with Gasteiger partial charge in [-0.15, -0.1) is 5.10 Å². The number of hydrogen-bond acceptors (Lipinski definition) is 4. The first-order valence-corrected chi connectivity index (χ1v) is 10.6. The van der Waals surface area contributed by atoms with E-state index in [1.807, 2.05) is 97.9 Å². The normalized spacial score (nSPS) is 10.8. The first-order chi connectivity index (χ1) is 16.1. The summed E-state index contributed by atoms with van der Waals surface area (Å²) in [6.07, 6.45) is 0. The van der Waals surface area contributed by atoms with Crippen LogP contribution in [-0.2, 0) is 0 Å². The summed E-state index contributed by atoms with van der Waals surface area (Å²) >= 11 is 0. The fourth-order valence-electron chi connectivity index (χ4n) is 3.66. The average Bonchev–Trinajstić information content (AvgIpc) is 3.30. The van der Waals surface area contributed by atoms with E-state index in [0.29, 0.717) is 11.5 Å². The number of amides is 1. The highest BCUT2D eigenvalue weighted by Crippen LogP contribution is 2.24. The summed E-state index contributed by atoms with van der Waals surface area (Å²) in [6.45, 7) is 2.03. The minimum Gasteiger partial charge on any atom is -0.497 e. The summed E-state index contributed by atoms with van der Waals surface area (Å²) in [6, 6.07) is 29.3. The van der Waals surface area contributed by atoms with Gasteiger partial charge in [0, 0.05) is 11.3 Å². The van der Waals surface area contributed by atoms with Crippen LogP contribution in [0.5, 0.6) is 5.75 Å². The fourth-order valence-corrected chi connectivity index (χ4v) is 3.66. The molecule has 0 fully saturated rings. The number of aromatic nitrogens is 3. The molecule has 0 bridgehead atoms. The van der Waals surface area contributed by atoms with Gasteiger partial charge in [0.05, 0.1) is 12.8 Å². The number of ether oxygens (including phenoxy) is 1. The number of methoxy groups -OCH3 is 1. The van der Waals surface area contributed by atoms with Crippen LogP contribution in [0.2, 0.25) is 0 Å². The molecule has 0 atom stereocenters. The lowest BCUT2D eigenvalue weighted by molar-refractivity contribution is 0.101. The van der Waals surface area contributed by atoms with Crippen molar-refractivity contribution < 1.29 is 9.53 Å². The van der Waals surface area contributed by atoms with Crippen molar-refractivity contribution >= 4 is 22.4 Å². The lowest BCUT2D eigenvalue weighted by atomic mass is 10.1. The maximum absolute atomic E-state index is 13.1. The molecular weight excluding hydrogens is 412 g/mol. The summed E-state index contributed by atoms with van der Waals surface area (Å²) in [7, 11) is 1.62. The monoisotopic (exact) mass is 434 g/mol. The molecule has 1 heterocycles. The Balaban J connectivity index is 1.52. The summed E-state index contributed by atoms with van der Waals surface area (Å²) in [5, 5.41) is 9.63. The third-order valence-electron chi connectivity index (χ3n) is 5.44. The van der Waals surface area contributed by atoms with E-state index >= 15 is 0 Å². The van der Waals surface area contributed by atoms with E-state index in [4.69, 9.17) is 4.74 Å². The first kappa shape index (κ1) is 20.5. The number of benzene rings is 4. The van der Waals surface area contributed by atoms with Crippen LogP contribution in [0, 0.1) is 6.92 Å². The molecule has 1 amide bonds. The summed E-state index contributed by atoms with van der Waals surface area (Å²) in [5.41, 5.74) is 3.48. The number of nitrogens with one attached hydrogen (secondary N) is 1. The molecule has 33 heavy (non-hydrogen) atoms. The maximum atomic E-state index is 13.1. The highest BCUT2D eigenvalue weighted by Gasteiger charge is 2.19. The van der Waals surface area contributed by atoms with E-state index in [9.17, 15) is 4.79 Å². The Labute approximate surface area is 191 Å². The minimum absolute atomic E-state index is 0.0922. The third kappa shape index (κ3) is 4.19. The Morgan fingerprint density at radius 1 is 0.879 bits per heavy atom. The Hall–Kier alpha value is -4.45. The number of carbonyl (C=O) groups excluding carboxylic acids is 1. The van der Waals surface area contributed by atoms with Crippen LogP contribution in [0.15, 0.2) is 91.0 Å². The van der Waals surface area contributed by atoms with E-state index in [0.717, 1.165) is 33.3 Å². The van der Waals surface area contributed by atoms with Crippen molar-refractivity contribution in [2.24, 2.45) is 0 Å². The minimum atomic E-state index is -0.370.